The van der Waals surface area contributed by atoms with Crippen molar-refractivity contribution < 1.29 is 4.79 Å². The van der Waals surface area contributed by atoms with Gasteiger partial charge in [0, 0.05) is 48.0 Å². The summed E-state index contributed by atoms with van der Waals surface area (Å²) in [5, 5.41) is 5.16. The molecular weight excluding hydrogens is 382 g/mol. The molecule has 0 unspecified atom stereocenters. The van der Waals surface area contributed by atoms with Crippen LogP contribution in [0.1, 0.15) is 43.1 Å². The average molecular weight is 410 g/mol. The van der Waals surface area contributed by atoms with Crippen molar-refractivity contribution in [1.82, 2.24) is 9.88 Å². The van der Waals surface area contributed by atoms with Crippen LogP contribution < -0.4 is 5.32 Å². The zero-order valence-electron chi connectivity index (χ0n) is 17.5. The van der Waals surface area contributed by atoms with Gasteiger partial charge in [-0.1, -0.05) is 44.5 Å². The fraction of sp³-hybridized carbons (Fsp3) is 0.333. The molecule has 0 saturated heterocycles. The van der Waals surface area contributed by atoms with Gasteiger partial charge in [-0.25, -0.2) is 0 Å². The van der Waals surface area contributed by atoms with E-state index in [1.54, 1.807) is 11.1 Å². The second kappa shape index (κ2) is 8.83. The maximum Gasteiger partial charge on any atom is 0.253 e. The first-order chi connectivity index (χ1) is 13.8. The number of hydrogen-bond donors (Lipinski definition) is 1. The van der Waals surface area contributed by atoms with E-state index in [2.05, 4.69) is 31.1 Å². The van der Waals surface area contributed by atoms with Gasteiger partial charge in [-0.05, 0) is 53.8 Å². The molecule has 152 valence electrons. The topological polar surface area (TPSA) is 45.2 Å². The van der Waals surface area contributed by atoms with E-state index in [1.807, 2.05) is 55.6 Å². The van der Waals surface area contributed by atoms with Gasteiger partial charge >= 0.3 is 0 Å². The lowest BCUT2D eigenvalue weighted by Crippen LogP contribution is -2.29. The van der Waals surface area contributed by atoms with E-state index in [-0.39, 0.29) is 11.3 Å². The molecule has 0 aliphatic heterocycles. The van der Waals surface area contributed by atoms with Gasteiger partial charge < -0.3 is 10.2 Å². The molecule has 29 heavy (non-hydrogen) atoms. The van der Waals surface area contributed by atoms with E-state index in [4.69, 9.17) is 11.6 Å². The molecule has 4 nitrogen and oxygen atoms in total. The number of nitrogens with zero attached hydrogens (tertiary/aromatic N) is 2. The molecule has 5 heteroatoms. The minimum Gasteiger partial charge on any atom is -0.384 e. The summed E-state index contributed by atoms with van der Waals surface area (Å²) in [6, 6.07) is 15.6. The Morgan fingerprint density at radius 1 is 1.10 bits per heavy atom. The van der Waals surface area contributed by atoms with Crippen LogP contribution in [-0.4, -0.2) is 35.9 Å². The molecule has 0 fully saturated rings. The van der Waals surface area contributed by atoms with Crippen molar-refractivity contribution in [3.8, 4) is 0 Å². The van der Waals surface area contributed by atoms with Crippen molar-refractivity contribution in [2.24, 2.45) is 0 Å². The Hall–Kier alpha value is -2.59. The van der Waals surface area contributed by atoms with Gasteiger partial charge in [-0.15, -0.1) is 0 Å². The minimum absolute atomic E-state index is 0.0504. The van der Waals surface area contributed by atoms with Crippen molar-refractivity contribution in [2.75, 3.05) is 25.5 Å². The zero-order chi connectivity index (χ0) is 21.0. The van der Waals surface area contributed by atoms with E-state index in [1.165, 1.54) is 5.56 Å². The lowest BCUT2D eigenvalue weighted by molar-refractivity contribution is 0.0794. The molecule has 3 aromatic rings. The SMILES string of the molecule is CN(CCCNc1ccnc2cc(Cl)ccc12)C(=O)c1ccc(C(C)(C)C)cc1. The number of pyridine rings is 1. The number of carbonyl (C=O) groups excluding carboxylic acids is 1. The van der Waals surface area contributed by atoms with Crippen molar-refractivity contribution >= 4 is 34.1 Å². The summed E-state index contributed by atoms with van der Waals surface area (Å²) < 4.78 is 0. The average Bonchev–Trinajstić information content (AvgIpc) is 2.69. The van der Waals surface area contributed by atoms with Crippen LogP contribution in [-0.2, 0) is 5.41 Å². The Morgan fingerprint density at radius 3 is 2.52 bits per heavy atom. The van der Waals surface area contributed by atoms with E-state index in [0.717, 1.165) is 35.1 Å². The van der Waals surface area contributed by atoms with Crippen LogP contribution in [0, 0.1) is 0 Å². The summed E-state index contributed by atoms with van der Waals surface area (Å²) in [7, 11) is 1.85. The lowest BCUT2D eigenvalue weighted by Gasteiger charge is -2.21. The van der Waals surface area contributed by atoms with Gasteiger partial charge in [0.05, 0.1) is 5.52 Å². The predicted molar refractivity (Wildman–Crippen MR) is 122 cm³/mol. The second-order valence-electron chi connectivity index (χ2n) is 8.35. The van der Waals surface area contributed by atoms with Crippen LogP contribution in [0.5, 0.6) is 0 Å². The molecule has 0 atom stereocenters. The number of nitrogens with one attached hydrogen (secondary N) is 1. The van der Waals surface area contributed by atoms with Crippen molar-refractivity contribution in [1.29, 1.82) is 0 Å². The van der Waals surface area contributed by atoms with Crippen LogP contribution in [0.3, 0.4) is 0 Å². The van der Waals surface area contributed by atoms with Crippen LogP contribution in [0.15, 0.2) is 54.7 Å². The first-order valence-electron chi connectivity index (χ1n) is 9.90. The summed E-state index contributed by atoms with van der Waals surface area (Å²) in [4.78, 5) is 18.8. The highest BCUT2D eigenvalue weighted by molar-refractivity contribution is 6.31. The number of rotatable bonds is 6. The smallest absolute Gasteiger partial charge is 0.253 e. The molecule has 1 N–H and O–H groups in total. The first-order valence-corrected chi connectivity index (χ1v) is 10.3. The number of hydrogen-bond acceptors (Lipinski definition) is 3. The van der Waals surface area contributed by atoms with Crippen LogP contribution in [0.25, 0.3) is 10.9 Å². The fourth-order valence-electron chi connectivity index (χ4n) is 3.25. The molecule has 0 radical (unpaired) electrons. The number of amides is 1. The van der Waals surface area contributed by atoms with Gasteiger partial charge in [0.15, 0.2) is 0 Å². The monoisotopic (exact) mass is 409 g/mol. The van der Waals surface area contributed by atoms with E-state index in [9.17, 15) is 4.79 Å². The number of halogens is 1. The standard InChI is InChI=1S/C24H28ClN3O/c1-24(2,3)18-8-6-17(7-9-18)23(29)28(4)15-5-13-26-21-12-14-27-22-16-19(25)10-11-20(21)22/h6-12,14,16H,5,13,15H2,1-4H3,(H,26,27). The van der Waals surface area contributed by atoms with E-state index < -0.39 is 0 Å². The highest BCUT2D eigenvalue weighted by Gasteiger charge is 2.16. The van der Waals surface area contributed by atoms with Crippen LogP contribution in [0.2, 0.25) is 5.02 Å². The maximum atomic E-state index is 12.7. The Balaban J connectivity index is 1.53. The third-order valence-corrected chi connectivity index (χ3v) is 5.27. The summed E-state index contributed by atoms with van der Waals surface area (Å²) in [6.45, 7) is 7.96. The molecular formula is C24H28ClN3O. The largest absolute Gasteiger partial charge is 0.384 e. The van der Waals surface area contributed by atoms with E-state index in [0.29, 0.717) is 11.6 Å². The van der Waals surface area contributed by atoms with Gasteiger partial charge in [0.25, 0.3) is 5.91 Å². The second-order valence-corrected chi connectivity index (χ2v) is 8.79. The molecule has 1 aromatic heterocycles. The third kappa shape index (κ3) is 5.27. The molecule has 0 aliphatic carbocycles. The normalized spacial score (nSPS) is 11.5. The fourth-order valence-corrected chi connectivity index (χ4v) is 3.42. The quantitative estimate of drug-likeness (QED) is 0.526. The molecule has 1 amide bonds. The number of fused-ring (bicyclic) bond motifs is 1. The van der Waals surface area contributed by atoms with Gasteiger partial charge in [0.2, 0.25) is 0 Å². The minimum atomic E-state index is 0.0504. The van der Waals surface area contributed by atoms with Crippen LogP contribution in [0.4, 0.5) is 5.69 Å². The molecule has 0 aliphatic rings. The Labute approximate surface area is 177 Å². The molecule has 0 saturated carbocycles. The first kappa shape index (κ1) is 21.1. The Bertz CT molecular complexity index is 993. The Morgan fingerprint density at radius 2 is 1.83 bits per heavy atom. The number of anilines is 1. The maximum absolute atomic E-state index is 12.7. The molecule has 0 bridgehead atoms. The van der Waals surface area contributed by atoms with Gasteiger partial charge in [0.1, 0.15) is 0 Å². The summed E-state index contributed by atoms with van der Waals surface area (Å²) in [5.41, 5.74) is 3.94. The highest BCUT2D eigenvalue weighted by atomic mass is 35.5. The number of aromatic nitrogens is 1. The molecule has 3 rings (SSSR count). The van der Waals surface area contributed by atoms with Gasteiger partial charge in [-0.2, -0.15) is 0 Å². The number of carbonyl (C=O) groups is 1. The van der Waals surface area contributed by atoms with Gasteiger partial charge in [-0.3, -0.25) is 9.78 Å². The summed E-state index contributed by atoms with van der Waals surface area (Å²) in [6.07, 6.45) is 2.62. The van der Waals surface area contributed by atoms with E-state index >= 15 is 0 Å². The van der Waals surface area contributed by atoms with Crippen molar-refractivity contribution in [3.05, 3.63) is 70.9 Å². The van der Waals surface area contributed by atoms with Crippen LogP contribution >= 0.6 is 11.6 Å². The summed E-state index contributed by atoms with van der Waals surface area (Å²) in [5.74, 6) is 0.0504. The lowest BCUT2D eigenvalue weighted by atomic mass is 9.86. The van der Waals surface area contributed by atoms with Crippen molar-refractivity contribution in [3.63, 3.8) is 0 Å². The highest BCUT2D eigenvalue weighted by Crippen LogP contribution is 2.24. The Kier molecular flexibility index (Phi) is 6.43. The molecule has 1 heterocycles. The molecule has 2 aromatic carbocycles. The number of benzene rings is 2. The predicted octanol–water partition coefficient (Wildman–Crippen LogP) is 5.76. The zero-order valence-corrected chi connectivity index (χ0v) is 18.3. The van der Waals surface area contributed by atoms with Crippen molar-refractivity contribution in [2.45, 2.75) is 32.6 Å². The molecule has 0 spiro atoms. The summed E-state index contributed by atoms with van der Waals surface area (Å²) >= 11 is 6.05. The third-order valence-electron chi connectivity index (χ3n) is 5.04.